The fourth-order valence-electron chi connectivity index (χ4n) is 3.47. The summed E-state index contributed by atoms with van der Waals surface area (Å²) in [6.07, 6.45) is 7.44. The number of rotatable bonds is 6. The SMILES string of the molecule is C=C(CNC1CCC(C)CC1)S/C(Br)=C\C.Cc1nc(N(C)C)c2ccccc2n1. The van der Waals surface area contributed by atoms with E-state index in [-0.39, 0.29) is 0 Å². The quantitative estimate of drug-likeness (QED) is 0.489. The van der Waals surface area contributed by atoms with Crippen molar-refractivity contribution < 1.29 is 0 Å². The molecule has 1 heterocycles. The molecule has 0 spiro atoms. The van der Waals surface area contributed by atoms with Crippen LogP contribution in [0.4, 0.5) is 5.82 Å². The lowest BCUT2D eigenvalue weighted by Gasteiger charge is -2.27. The van der Waals surface area contributed by atoms with E-state index in [4.69, 9.17) is 0 Å². The molecule has 1 aliphatic rings. The lowest BCUT2D eigenvalue weighted by Crippen LogP contribution is -2.33. The van der Waals surface area contributed by atoms with E-state index in [1.807, 2.05) is 57.1 Å². The van der Waals surface area contributed by atoms with Gasteiger partial charge in [0.1, 0.15) is 11.6 Å². The largest absolute Gasteiger partial charge is 0.362 e. The molecule has 0 aliphatic heterocycles. The van der Waals surface area contributed by atoms with Gasteiger partial charge in [0.15, 0.2) is 0 Å². The van der Waals surface area contributed by atoms with Crippen molar-refractivity contribution in [3.05, 3.63) is 51.5 Å². The van der Waals surface area contributed by atoms with Gasteiger partial charge in [0.25, 0.3) is 0 Å². The van der Waals surface area contributed by atoms with Crippen LogP contribution in [0.2, 0.25) is 0 Å². The topological polar surface area (TPSA) is 41.1 Å². The predicted octanol–water partition coefficient (Wildman–Crippen LogP) is 6.66. The summed E-state index contributed by atoms with van der Waals surface area (Å²) in [7, 11) is 3.99. The lowest BCUT2D eigenvalue weighted by atomic mass is 9.87. The number of allylic oxidation sites excluding steroid dienone is 1. The summed E-state index contributed by atoms with van der Waals surface area (Å²) in [5, 5.41) is 4.70. The number of hydrogen-bond acceptors (Lipinski definition) is 5. The number of nitrogens with zero attached hydrogens (tertiary/aromatic N) is 3. The highest BCUT2D eigenvalue weighted by Crippen LogP contribution is 2.29. The molecule has 0 unspecified atom stereocenters. The normalized spacial score (nSPS) is 19.2. The van der Waals surface area contributed by atoms with E-state index in [0.717, 1.165) is 38.8 Å². The van der Waals surface area contributed by atoms with Crippen LogP contribution in [-0.2, 0) is 0 Å². The third kappa shape index (κ3) is 8.05. The fourth-order valence-corrected chi connectivity index (χ4v) is 4.71. The Labute approximate surface area is 194 Å². The van der Waals surface area contributed by atoms with Crippen molar-refractivity contribution >= 4 is 44.4 Å². The first-order chi connectivity index (χ1) is 14.3. The molecule has 2 aromatic rings. The van der Waals surface area contributed by atoms with Crippen molar-refractivity contribution in [1.82, 2.24) is 15.3 Å². The highest BCUT2D eigenvalue weighted by molar-refractivity contribution is 9.14. The van der Waals surface area contributed by atoms with Gasteiger partial charge in [0.05, 0.1) is 9.33 Å². The Morgan fingerprint density at radius 1 is 1.23 bits per heavy atom. The molecule has 1 aromatic carbocycles. The van der Waals surface area contributed by atoms with Gasteiger partial charge >= 0.3 is 0 Å². The zero-order valence-electron chi connectivity index (χ0n) is 18.9. The van der Waals surface area contributed by atoms with Gasteiger partial charge in [0.2, 0.25) is 0 Å². The van der Waals surface area contributed by atoms with Crippen LogP contribution in [0.25, 0.3) is 10.9 Å². The Balaban J connectivity index is 0.000000215. The molecule has 4 nitrogen and oxygen atoms in total. The molecule has 164 valence electrons. The number of benzene rings is 1. The van der Waals surface area contributed by atoms with Crippen molar-refractivity contribution in [2.24, 2.45) is 5.92 Å². The highest BCUT2D eigenvalue weighted by Gasteiger charge is 2.17. The van der Waals surface area contributed by atoms with Crippen molar-refractivity contribution in [3.8, 4) is 0 Å². The molecule has 30 heavy (non-hydrogen) atoms. The van der Waals surface area contributed by atoms with Crippen LogP contribution < -0.4 is 10.2 Å². The number of thioether (sulfide) groups is 1. The first-order valence-corrected chi connectivity index (χ1v) is 12.2. The Kier molecular flexibility index (Phi) is 10.4. The van der Waals surface area contributed by atoms with Crippen LogP contribution in [0, 0.1) is 12.8 Å². The summed E-state index contributed by atoms with van der Waals surface area (Å²) >= 11 is 5.20. The van der Waals surface area contributed by atoms with Crippen LogP contribution in [0.3, 0.4) is 0 Å². The van der Waals surface area contributed by atoms with Crippen molar-refractivity contribution in [2.45, 2.75) is 52.5 Å². The number of hydrogen-bond donors (Lipinski definition) is 1. The van der Waals surface area contributed by atoms with Crippen LogP contribution >= 0.6 is 27.7 Å². The minimum absolute atomic E-state index is 0.706. The number of para-hydroxylation sites is 1. The molecular weight excluding hydrogens is 456 g/mol. The molecule has 0 bridgehead atoms. The molecular formula is C24H35BrN4S. The summed E-state index contributed by atoms with van der Waals surface area (Å²) < 4.78 is 1.15. The summed E-state index contributed by atoms with van der Waals surface area (Å²) in [6.45, 7) is 11.3. The van der Waals surface area contributed by atoms with E-state index in [1.165, 1.54) is 30.6 Å². The molecule has 1 aromatic heterocycles. The first-order valence-electron chi connectivity index (χ1n) is 10.6. The Bertz CT molecular complexity index is 857. The van der Waals surface area contributed by atoms with Gasteiger partial charge in [-0.2, -0.15) is 0 Å². The third-order valence-corrected chi connectivity index (χ3v) is 7.00. The number of halogens is 1. The number of nitrogens with one attached hydrogen (secondary N) is 1. The Morgan fingerprint density at radius 3 is 2.53 bits per heavy atom. The van der Waals surface area contributed by atoms with E-state index < -0.39 is 0 Å². The van der Waals surface area contributed by atoms with Crippen molar-refractivity contribution in [1.29, 1.82) is 0 Å². The summed E-state index contributed by atoms with van der Waals surface area (Å²) in [6, 6.07) is 8.77. The minimum atomic E-state index is 0.706. The molecule has 3 rings (SSSR count). The lowest BCUT2D eigenvalue weighted by molar-refractivity contribution is 0.314. The highest BCUT2D eigenvalue weighted by atomic mass is 79.9. The zero-order valence-corrected chi connectivity index (χ0v) is 21.3. The Morgan fingerprint density at radius 2 is 1.90 bits per heavy atom. The maximum atomic E-state index is 4.42. The van der Waals surface area contributed by atoms with Crippen LogP contribution in [0.15, 0.2) is 45.6 Å². The number of aryl methyl sites for hydroxylation is 1. The molecule has 6 heteroatoms. The van der Waals surface area contributed by atoms with E-state index in [9.17, 15) is 0 Å². The second-order valence-corrected chi connectivity index (χ2v) is 10.7. The summed E-state index contributed by atoms with van der Waals surface area (Å²) in [4.78, 5) is 12.0. The average molecular weight is 492 g/mol. The van der Waals surface area contributed by atoms with Gasteiger partial charge in [0, 0.05) is 32.1 Å². The zero-order chi connectivity index (χ0) is 22.1. The second-order valence-electron chi connectivity index (χ2n) is 8.08. The molecule has 1 fully saturated rings. The third-order valence-electron chi connectivity index (χ3n) is 5.19. The number of aromatic nitrogens is 2. The molecule has 0 amide bonds. The van der Waals surface area contributed by atoms with Gasteiger partial charge in [-0.3, -0.25) is 0 Å². The van der Waals surface area contributed by atoms with Gasteiger partial charge in [-0.25, -0.2) is 9.97 Å². The fraction of sp³-hybridized carbons (Fsp3) is 0.500. The van der Waals surface area contributed by atoms with Gasteiger partial charge in [-0.15, -0.1) is 0 Å². The maximum Gasteiger partial charge on any atom is 0.139 e. The smallest absolute Gasteiger partial charge is 0.139 e. The Hall–Kier alpha value is -1.37. The van der Waals surface area contributed by atoms with Gasteiger partial charge in [-0.1, -0.05) is 43.5 Å². The summed E-state index contributed by atoms with van der Waals surface area (Å²) in [5.74, 6) is 2.72. The van der Waals surface area contributed by atoms with Crippen LogP contribution in [-0.4, -0.2) is 36.6 Å². The van der Waals surface area contributed by atoms with E-state index in [0.29, 0.717) is 6.04 Å². The monoisotopic (exact) mass is 490 g/mol. The number of fused-ring (bicyclic) bond motifs is 1. The van der Waals surface area contributed by atoms with Crippen LogP contribution in [0.1, 0.15) is 45.4 Å². The van der Waals surface area contributed by atoms with Crippen molar-refractivity contribution in [2.75, 3.05) is 25.5 Å². The number of anilines is 1. The maximum absolute atomic E-state index is 4.42. The van der Waals surface area contributed by atoms with E-state index >= 15 is 0 Å². The van der Waals surface area contributed by atoms with Crippen molar-refractivity contribution in [3.63, 3.8) is 0 Å². The van der Waals surface area contributed by atoms with E-state index in [2.05, 4.69) is 50.8 Å². The first kappa shape index (κ1) is 24.9. The standard InChI is InChI=1S/C13H22BrNS.C11H13N3/c1-4-13(14)16-11(3)9-15-12-7-5-10(2)6-8-12;1-8-12-10-7-5-4-6-9(10)11(13-8)14(2)3/h4,10,12,15H,3,5-9H2,1-2H3;4-7H,1-3H3/b13-4-;. The molecule has 1 saturated carbocycles. The average Bonchev–Trinajstić information content (AvgIpc) is 2.73. The molecule has 0 atom stereocenters. The minimum Gasteiger partial charge on any atom is -0.362 e. The van der Waals surface area contributed by atoms with E-state index in [1.54, 1.807) is 11.8 Å². The molecule has 0 radical (unpaired) electrons. The molecule has 1 aliphatic carbocycles. The summed E-state index contributed by atoms with van der Waals surface area (Å²) in [5.41, 5.74) is 1.00. The molecule has 0 saturated heterocycles. The molecule has 1 N–H and O–H groups in total. The second kappa shape index (κ2) is 12.5. The van der Waals surface area contributed by atoms with Gasteiger partial charge in [-0.05, 0) is 78.4 Å². The van der Waals surface area contributed by atoms with Gasteiger partial charge < -0.3 is 10.2 Å². The van der Waals surface area contributed by atoms with Crippen LogP contribution in [0.5, 0.6) is 0 Å². The predicted molar refractivity (Wildman–Crippen MR) is 137 cm³/mol.